The van der Waals surface area contributed by atoms with Crippen LogP contribution in [0.4, 0.5) is 0 Å². The van der Waals surface area contributed by atoms with Crippen molar-refractivity contribution in [3.8, 4) is 0 Å². The molecule has 0 aromatic heterocycles. The molecular formula is C18H30Lu2O12. The van der Waals surface area contributed by atoms with E-state index in [1.165, 1.54) is 0 Å². The van der Waals surface area contributed by atoms with Gasteiger partial charge in [-0.25, -0.2) is 0 Å². The zero-order chi connectivity index (χ0) is 23.9. The molecule has 14 heteroatoms. The van der Waals surface area contributed by atoms with Gasteiger partial charge in [0, 0.05) is 112 Å². The molecule has 0 aromatic rings. The van der Waals surface area contributed by atoms with Crippen molar-refractivity contribution in [2.24, 2.45) is 0 Å². The molecule has 0 rings (SSSR count). The van der Waals surface area contributed by atoms with Gasteiger partial charge >= 0.3 is 35.8 Å². The normalized spacial score (nSPS) is 8.62. The number of hydrogen-bond donors (Lipinski definition) is 6. The van der Waals surface area contributed by atoms with Crippen LogP contribution in [0.1, 0.15) is 77.0 Å². The maximum Gasteiger partial charge on any atom is 0.303 e. The first-order valence-corrected chi connectivity index (χ1v) is 9.19. The van der Waals surface area contributed by atoms with Crippen molar-refractivity contribution in [3.63, 3.8) is 0 Å². The van der Waals surface area contributed by atoms with Crippen LogP contribution in [0.2, 0.25) is 0 Å². The molecule has 0 aliphatic heterocycles. The first-order valence-electron chi connectivity index (χ1n) is 9.19. The van der Waals surface area contributed by atoms with Crippen LogP contribution in [0.15, 0.2) is 0 Å². The molecule has 6 N–H and O–H groups in total. The first-order chi connectivity index (χ1) is 13.9. The maximum absolute atomic E-state index is 9.90. The Hall–Kier alpha value is -0.712. The Balaban J connectivity index is -0.000000110. The topological polar surface area (TPSA) is 224 Å². The Bertz CT molecular complexity index is 428. The van der Waals surface area contributed by atoms with Crippen LogP contribution in [0.3, 0.4) is 0 Å². The fraction of sp³-hybridized carbons (Fsp3) is 0.667. The third-order valence-electron chi connectivity index (χ3n) is 3.09. The van der Waals surface area contributed by atoms with Crippen LogP contribution in [0.5, 0.6) is 0 Å². The van der Waals surface area contributed by atoms with Crippen LogP contribution < -0.4 is 0 Å². The largest absolute Gasteiger partial charge is 0.481 e. The summed E-state index contributed by atoms with van der Waals surface area (Å²) in [4.78, 5) is 59.4. The molecule has 0 aliphatic rings. The predicted molar refractivity (Wildman–Crippen MR) is 101 cm³/mol. The zero-order valence-corrected chi connectivity index (χ0v) is 20.4. The molecule has 0 unspecified atom stereocenters. The molecule has 2 radical (unpaired) electrons. The van der Waals surface area contributed by atoms with E-state index >= 15 is 0 Å². The van der Waals surface area contributed by atoms with Gasteiger partial charge < -0.3 is 30.6 Å². The quantitative estimate of drug-likeness (QED) is 0.131. The van der Waals surface area contributed by atoms with Gasteiger partial charge in [0.25, 0.3) is 0 Å². The van der Waals surface area contributed by atoms with Crippen molar-refractivity contribution in [1.29, 1.82) is 0 Å². The van der Waals surface area contributed by atoms with Crippen molar-refractivity contribution in [1.82, 2.24) is 0 Å². The maximum atomic E-state index is 9.90. The molecule has 0 bridgehead atoms. The third kappa shape index (κ3) is 56.9. The fourth-order valence-corrected chi connectivity index (χ4v) is 1.66. The van der Waals surface area contributed by atoms with Crippen molar-refractivity contribution in [2.45, 2.75) is 77.0 Å². The predicted octanol–water partition coefficient (Wildman–Crippen LogP) is 2.15. The minimum Gasteiger partial charge on any atom is -0.481 e. The van der Waals surface area contributed by atoms with Gasteiger partial charge in [-0.05, 0) is 38.5 Å². The van der Waals surface area contributed by atoms with Crippen molar-refractivity contribution < 1.29 is 133 Å². The van der Waals surface area contributed by atoms with Crippen LogP contribution in [0.25, 0.3) is 0 Å². The van der Waals surface area contributed by atoms with Crippen LogP contribution >= 0.6 is 0 Å². The minimum atomic E-state index is -0.870. The van der Waals surface area contributed by atoms with Gasteiger partial charge in [-0.1, -0.05) is 0 Å². The fourth-order valence-electron chi connectivity index (χ4n) is 1.66. The number of carboxylic acid groups (broad SMARTS) is 6. The Morgan fingerprint density at radius 1 is 0.312 bits per heavy atom. The van der Waals surface area contributed by atoms with Crippen LogP contribution in [0, 0.1) is 73.7 Å². The van der Waals surface area contributed by atoms with Gasteiger partial charge in [0.15, 0.2) is 0 Å². The summed E-state index contributed by atoms with van der Waals surface area (Å²) in [7, 11) is 0. The summed E-state index contributed by atoms with van der Waals surface area (Å²) in [6.07, 6.45) is 3.05. The van der Waals surface area contributed by atoms with Crippen molar-refractivity contribution in [2.75, 3.05) is 0 Å². The van der Waals surface area contributed by atoms with E-state index in [0.717, 1.165) is 0 Å². The molecule has 0 amide bonds. The number of unbranched alkanes of at least 4 members (excludes halogenated alkanes) is 3. The van der Waals surface area contributed by atoms with E-state index in [-0.39, 0.29) is 112 Å². The van der Waals surface area contributed by atoms with E-state index in [2.05, 4.69) is 0 Å². The molecule has 0 heterocycles. The minimum absolute atomic E-state index is 0. The first kappa shape index (κ1) is 41.5. The van der Waals surface area contributed by atoms with Gasteiger partial charge in [-0.15, -0.1) is 0 Å². The van der Waals surface area contributed by atoms with Gasteiger partial charge in [-0.3, -0.25) is 28.8 Å². The number of carboxylic acids is 6. The van der Waals surface area contributed by atoms with E-state index in [1.54, 1.807) is 0 Å². The second-order valence-electron chi connectivity index (χ2n) is 5.98. The summed E-state index contributed by atoms with van der Waals surface area (Å²) in [5.74, 6) is -5.22. The summed E-state index contributed by atoms with van der Waals surface area (Å²) in [6, 6.07) is 0. The van der Waals surface area contributed by atoms with E-state index in [0.29, 0.717) is 38.5 Å². The molecule has 12 nitrogen and oxygen atoms in total. The van der Waals surface area contributed by atoms with E-state index in [4.69, 9.17) is 30.6 Å². The Labute approximate surface area is 243 Å². The molecule has 0 saturated carbocycles. The molecule has 0 aromatic carbocycles. The SMILES string of the molecule is O=C(O)CCCCC(=O)O.O=C(O)CCCCC(=O)O.O=C(O)CCCCC(=O)O.[Lu].[Lu]. The Morgan fingerprint density at radius 2 is 0.406 bits per heavy atom. The van der Waals surface area contributed by atoms with Crippen molar-refractivity contribution >= 4 is 35.8 Å². The van der Waals surface area contributed by atoms with Gasteiger partial charge in [0.2, 0.25) is 0 Å². The Morgan fingerprint density at radius 3 is 0.469 bits per heavy atom. The van der Waals surface area contributed by atoms with Crippen molar-refractivity contribution in [3.05, 3.63) is 0 Å². The summed E-state index contributed by atoms with van der Waals surface area (Å²) in [6.45, 7) is 0. The average molecular weight is 788 g/mol. The van der Waals surface area contributed by atoms with Gasteiger partial charge in [0.1, 0.15) is 0 Å². The molecule has 204 valence electrons. The number of carbonyl (C=O) groups is 6. The molecule has 0 atom stereocenters. The van der Waals surface area contributed by atoms with Crippen LogP contribution in [-0.2, 0) is 28.8 Å². The second kappa shape index (κ2) is 30.3. The number of rotatable bonds is 15. The average Bonchev–Trinajstić information content (AvgIpc) is 2.60. The third-order valence-corrected chi connectivity index (χ3v) is 3.09. The van der Waals surface area contributed by atoms with Crippen LogP contribution in [-0.4, -0.2) is 66.5 Å². The summed E-state index contributed by atoms with van der Waals surface area (Å²) >= 11 is 0. The van der Waals surface area contributed by atoms with E-state index < -0.39 is 35.8 Å². The van der Waals surface area contributed by atoms with Gasteiger partial charge in [-0.2, -0.15) is 0 Å². The van der Waals surface area contributed by atoms with E-state index in [1.807, 2.05) is 0 Å². The summed E-state index contributed by atoms with van der Waals surface area (Å²) < 4.78 is 0. The summed E-state index contributed by atoms with van der Waals surface area (Å²) in [5, 5.41) is 48.8. The smallest absolute Gasteiger partial charge is 0.303 e. The molecule has 0 fully saturated rings. The standard InChI is InChI=1S/3C6H10O4.2Lu/c3*7-5(8)3-1-2-4-6(9)10;;/h3*1-4H2,(H,7,8)(H,9,10);;. The van der Waals surface area contributed by atoms with Gasteiger partial charge in [0.05, 0.1) is 0 Å². The Kier molecular flexibility index (Phi) is 39.3. The number of hydrogen-bond acceptors (Lipinski definition) is 6. The molecule has 0 spiro atoms. The molecule has 32 heavy (non-hydrogen) atoms. The molecular weight excluding hydrogens is 758 g/mol. The molecule has 0 saturated heterocycles. The molecule has 0 aliphatic carbocycles. The second-order valence-corrected chi connectivity index (χ2v) is 5.98. The summed E-state index contributed by atoms with van der Waals surface area (Å²) in [5.41, 5.74) is 0. The number of aliphatic carboxylic acids is 6. The van der Waals surface area contributed by atoms with E-state index in [9.17, 15) is 28.8 Å². The monoisotopic (exact) mass is 788 g/mol. The zero-order valence-electron chi connectivity index (χ0n) is 17.1.